The monoisotopic (exact) mass is 383 g/mol. The molecule has 3 rings (SSSR count). The molecule has 0 saturated heterocycles. The van der Waals surface area contributed by atoms with Gasteiger partial charge in [-0.15, -0.1) is 0 Å². The molecule has 1 aliphatic rings. The van der Waals surface area contributed by atoms with Crippen LogP contribution in [0.3, 0.4) is 0 Å². The molecule has 0 spiro atoms. The summed E-state index contributed by atoms with van der Waals surface area (Å²) in [6.45, 7) is 4.14. The lowest BCUT2D eigenvalue weighted by Gasteiger charge is -2.21. The standard InChI is InChI=1S/C16H18FN3O5S/c1-3-24-16(21)13-14(19-20-7-6-9(2)25-15(13)20)11-5-4-10(8-12(11)17)26(18,22)23/h4-5,8-9H,3,6-7H2,1-2H3,(H2,18,22,23)/t9-/m1/s1. The van der Waals surface area contributed by atoms with Gasteiger partial charge in [0.15, 0.2) is 0 Å². The van der Waals surface area contributed by atoms with Crippen molar-refractivity contribution in [3.05, 3.63) is 29.6 Å². The number of hydrogen-bond acceptors (Lipinski definition) is 6. The minimum absolute atomic E-state index is 0.0145. The first kappa shape index (κ1) is 18.3. The van der Waals surface area contributed by atoms with Crippen molar-refractivity contribution in [2.75, 3.05) is 6.61 Å². The average Bonchev–Trinajstić information content (AvgIpc) is 2.92. The summed E-state index contributed by atoms with van der Waals surface area (Å²) in [4.78, 5) is 12.1. The van der Waals surface area contributed by atoms with Gasteiger partial charge in [0.2, 0.25) is 15.9 Å². The molecule has 10 heteroatoms. The molecule has 0 unspecified atom stereocenters. The van der Waals surface area contributed by atoms with Crippen LogP contribution in [0.1, 0.15) is 30.6 Å². The van der Waals surface area contributed by atoms with Gasteiger partial charge >= 0.3 is 5.97 Å². The minimum atomic E-state index is -4.05. The van der Waals surface area contributed by atoms with Gasteiger partial charge in [-0.2, -0.15) is 5.10 Å². The quantitative estimate of drug-likeness (QED) is 0.804. The van der Waals surface area contributed by atoms with Crippen LogP contribution in [-0.4, -0.2) is 36.9 Å². The lowest BCUT2D eigenvalue weighted by molar-refractivity contribution is 0.0515. The minimum Gasteiger partial charge on any atom is -0.474 e. The van der Waals surface area contributed by atoms with Gasteiger partial charge in [-0.3, -0.25) is 0 Å². The first-order valence-corrected chi connectivity index (χ1v) is 9.54. The van der Waals surface area contributed by atoms with E-state index in [9.17, 15) is 17.6 Å². The number of nitrogens with zero attached hydrogens (tertiary/aromatic N) is 2. The molecule has 0 bridgehead atoms. The van der Waals surface area contributed by atoms with Gasteiger partial charge in [-0.25, -0.2) is 27.4 Å². The third-order valence-corrected chi connectivity index (χ3v) is 4.88. The first-order chi connectivity index (χ1) is 12.2. The number of benzene rings is 1. The summed E-state index contributed by atoms with van der Waals surface area (Å²) in [5, 5.41) is 9.30. The summed E-state index contributed by atoms with van der Waals surface area (Å²) < 4.78 is 49.6. The van der Waals surface area contributed by atoms with Crippen LogP contribution in [0.25, 0.3) is 11.3 Å². The van der Waals surface area contributed by atoms with E-state index >= 15 is 0 Å². The summed E-state index contributed by atoms with van der Waals surface area (Å²) in [5.41, 5.74) is 0.00489. The van der Waals surface area contributed by atoms with Gasteiger partial charge in [0.25, 0.3) is 0 Å². The molecular formula is C16H18FN3O5S. The number of rotatable bonds is 4. The van der Waals surface area contributed by atoms with E-state index in [0.29, 0.717) is 13.0 Å². The van der Waals surface area contributed by atoms with E-state index in [1.54, 1.807) is 6.92 Å². The Hall–Kier alpha value is -2.46. The van der Waals surface area contributed by atoms with Crippen LogP contribution in [0, 0.1) is 5.82 Å². The lowest BCUT2D eigenvalue weighted by Crippen LogP contribution is -2.24. The van der Waals surface area contributed by atoms with Crippen molar-refractivity contribution in [3.8, 4) is 17.1 Å². The van der Waals surface area contributed by atoms with Crippen LogP contribution in [0.15, 0.2) is 23.1 Å². The Morgan fingerprint density at radius 2 is 2.23 bits per heavy atom. The maximum Gasteiger partial charge on any atom is 0.345 e. The summed E-state index contributed by atoms with van der Waals surface area (Å²) in [7, 11) is -4.05. The SMILES string of the molecule is CCOC(=O)c1c(-c2ccc(S(N)(=O)=O)cc2F)nn2c1O[C@H](C)CC2. The maximum atomic E-state index is 14.6. The summed E-state index contributed by atoms with van der Waals surface area (Å²) in [5.74, 6) is -1.34. The van der Waals surface area contributed by atoms with Crippen molar-refractivity contribution in [3.63, 3.8) is 0 Å². The zero-order valence-corrected chi connectivity index (χ0v) is 15.0. The zero-order chi connectivity index (χ0) is 19.1. The van der Waals surface area contributed by atoms with Crippen LogP contribution in [0.2, 0.25) is 0 Å². The van der Waals surface area contributed by atoms with Crippen molar-refractivity contribution in [1.29, 1.82) is 0 Å². The topological polar surface area (TPSA) is 114 Å². The number of primary sulfonamides is 1. The molecule has 1 atom stereocenters. The molecule has 1 aromatic heterocycles. The van der Waals surface area contributed by atoms with Gasteiger partial charge in [-0.1, -0.05) is 0 Å². The van der Waals surface area contributed by atoms with Crippen molar-refractivity contribution >= 4 is 16.0 Å². The number of carbonyl (C=O) groups is 1. The molecule has 0 radical (unpaired) electrons. The van der Waals surface area contributed by atoms with Gasteiger partial charge in [0.1, 0.15) is 17.1 Å². The smallest absolute Gasteiger partial charge is 0.345 e. The third kappa shape index (κ3) is 3.29. The highest BCUT2D eigenvalue weighted by Crippen LogP contribution is 2.36. The summed E-state index contributed by atoms with van der Waals surface area (Å²) >= 11 is 0. The van der Waals surface area contributed by atoms with Crippen LogP contribution in [0.5, 0.6) is 5.88 Å². The molecule has 2 heterocycles. The van der Waals surface area contributed by atoms with E-state index in [4.69, 9.17) is 14.6 Å². The first-order valence-electron chi connectivity index (χ1n) is 7.99. The molecule has 2 N–H and O–H groups in total. The van der Waals surface area contributed by atoms with Gasteiger partial charge < -0.3 is 9.47 Å². The molecule has 1 aromatic carbocycles. The van der Waals surface area contributed by atoms with Crippen molar-refractivity contribution in [1.82, 2.24) is 9.78 Å². The van der Waals surface area contributed by atoms with Crippen LogP contribution in [0.4, 0.5) is 4.39 Å². The highest BCUT2D eigenvalue weighted by molar-refractivity contribution is 7.89. The molecule has 2 aromatic rings. The highest BCUT2D eigenvalue weighted by Gasteiger charge is 2.32. The van der Waals surface area contributed by atoms with Crippen LogP contribution in [-0.2, 0) is 21.3 Å². The average molecular weight is 383 g/mol. The number of sulfonamides is 1. The number of halogens is 1. The predicted molar refractivity (Wildman–Crippen MR) is 89.7 cm³/mol. The molecule has 0 fully saturated rings. The van der Waals surface area contributed by atoms with E-state index in [1.807, 2.05) is 6.92 Å². The van der Waals surface area contributed by atoms with Crippen molar-refractivity contribution in [2.45, 2.75) is 37.8 Å². The molecule has 8 nitrogen and oxygen atoms in total. The fraction of sp³-hybridized carbons (Fsp3) is 0.375. The largest absolute Gasteiger partial charge is 0.474 e. The second kappa shape index (κ2) is 6.69. The molecule has 0 amide bonds. The van der Waals surface area contributed by atoms with Crippen molar-refractivity contribution < 1.29 is 27.1 Å². The molecule has 26 heavy (non-hydrogen) atoms. The highest BCUT2D eigenvalue weighted by atomic mass is 32.2. The van der Waals surface area contributed by atoms with E-state index in [2.05, 4.69) is 5.10 Å². The number of hydrogen-bond donors (Lipinski definition) is 1. The van der Waals surface area contributed by atoms with Crippen molar-refractivity contribution in [2.24, 2.45) is 5.14 Å². The molecule has 0 saturated carbocycles. The van der Waals surface area contributed by atoms with Crippen LogP contribution >= 0.6 is 0 Å². The predicted octanol–water partition coefficient (Wildman–Crippen LogP) is 1.68. The molecule has 140 valence electrons. The zero-order valence-electron chi connectivity index (χ0n) is 14.2. The second-order valence-corrected chi connectivity index (χ2v) is 7.44. The van der Waals surface area contributed by atoms with Crippen LogP contribution < -0.4 is 9.88 Å². The van der Waals surface area contributed by atoms with E-state index < -0.39 is 21.8 Å². The number of aryl methyl sites for hydroxylation is 1. The Morgan fingerprint density at radius 3 is 2.85 bits per heavy atom. The van der Waals surface area contributed by atoms with Gasteiger partial charge in [-0.05, 0) is 32.0 Å². The number of aromatic nitrogens is 2. The Kier molecular flexibility index (Phi) is 4.72. The second-order valence-electron chi connectivity index (χ2n) is 5.88. The Balaban J connectivity index is 2.17. The fourth-order valence-corrected chi connectivity index (χ4v) is 3.24. The Bertz CT molecular complexity index is 971. The van der Waals surface area contributed by atoms with E-state index in [1.165, 1.54) is 10.7 Å². The molecule has 1 aliphatic heterocycles. The fourth-order valence-electron chi connectivity index (χ4n) is 2.71. The Labute approximate surface area is 149 Å². The summed E-state index contributed by atoms with van der Waals surface area (Å²) in [6.07, 6.45) is 0.554. The normalized spacial score (nSPS) is 16.7. The number of esters is 1. The summed E-state index contributed by atoms with van der Waals surface area (Å²) in [6, 6.07) is 3.17. The maximum absolute atomic E-state index is 14.6. The van der Waals surface area contributed by atoms with Gasteiger partial charge in [0, 0.05) is 18.5 Å². The lowest BCUT2D eigenvalue weighted by atomic mass is 10.1. The number of carbonyl (C=O) groups excluding carboxylic acids is 1. The third-order valence-electron chi connectivity index (χ3n) is 3.97. The molecular weight excluding hydrogens is 365 g/mol. The van der Waals surface area contributed by atoms with Gasteiger partial charge in [0.05, 0.1) is 17.6 Å². The number of fused-ring (bicyclic) bond motifs is 1. The van der Waals surface area contributed by atoms with E-state index in [-0.39, 0.29) is 40.3 Å². The number of nitrogens with two attached hydrogens (primary N) is 1. The Morgan fingerprint density at radius 1 is 1.50 bits per heavy atom. The molecule has 0 aliphatic carbocycles. The number of ether oxygens (including phenoxy) is 2. The van der Waals surface area contributed by atoms with E-state index in [0.717, 1.165) is 12.1 Å².